The van der Waals surface area contributed by atoms with Crippen molar-refractivity contribution in [1.29, 1.82) is 0 Å². The van der Waals surface area contributed by atoms with Gasteiger partial charge in [-0.1, -0.05) is 0 Å². The highest BCUT2D eigenvalue weighted by Gasteiger charge is 2.18. The smallest absolute Gasteiger partial charge is 0.264 e. The summed E-state index contributed by atoms with van der Waals surface area (Å²) < 4.78 is 29.5. The van der Waals surface area contributed by atoms with Crippen molar-refractivity contribution in [2.75, 3.05) is 6.61 Å². The van der Waals surface area contributed by atoms with Crippen LogP contribution in [0.15, 0.2) is 35.4 Å². The van der Waals surface area contributed by atoms with Gasteiger partial charge in [-0.15, -0.1) is 0 Å². The topological polar surface area (TPSA) is 61.2 Å². The third-order valence-corrected chi connectivity index (χ3v) is 4.04. The van der Waals surface area contributed by atoms with Crippen LogP contribution in [0, 0.1) is 6.92 Å². The Bertz CT molecular complexity index is 678. The molecule has 1 aromatic carbocycles. The lowest BCUT2D eigenvalue weighted by atomic mass is 10.3. The fraction of sp³-hybridized carbons (Fsp3) is 0.250. The SMILES string of the molecule is CCOc1ccc(-n2ncc(S(=O)(=O)Cl)c2C)cc1. The lowest BCUT2D eigenvalue weighted by Crippen LogP contribution is -2.01. The standard InChI is InChI=1S/C12H13ClN2O3S/c1-3-18-11-6-4-10(5-7-11)15-9(2)12(8-14-15)19(13,16)17/h4-8H,3H2,1-2H3. The molecule has 1 aromatic heterocycles. The molecular weight excluding hydrogens is 288 g/mol. The molecule has 0 saturated carbocycles. The first-order valence-electron chi connectivity index (χ1n) is 5.66. The Morgan fingerprint density at radius 1 is 1.32 bits per heavy atom. The van der Waals surface area contributed by atoms with Gasteiger partial charge in [-0.25, -0.2) is 13.1 Å². The average Bonchev–Trinajstić information content (AvgIpc) is 2.72. The molecule has 102 valence electrons. The van der Waals surface area contributed by atoms with E-state index in [4.69, 9.17) is 15.4 Å². The zero-order valence-electron chi connectivity index (χ0n) is 10.5. The van der Waals surface area contributed by atoms with Crippen LogP contribution in [-0.2, 0) is 9.05 Å². The molecule has 0 aliphatic carbocycles. The maximum absolute atomic E-state index is 11.3. The van der Waals surface area contributed by atoms with Gasteiger partial charge in [-0.05, 0) is 38.1 Å². The molecule has 0 radical (unpaired) electrons. The second kappa shape index (κ2) is 5.22. The summed E-state index contributed by atoms with van der Waals surface area (Å²) in [7, 11) is 1.56. The molecule has 1 heterocycles. The van der Waals surface area contributed by atoms with Gasteiger partial charge in [-0.2, -0.15) is 5.10 Å². The molecule has 0 aliphatic heterocycles. The number of rotatable bonds is 4. The predicted molar refractivity (Wildman–Crippen MR) is 72.5 cm³/mol. The normalized spacial score (nSPS) is 11.5. The molecule has 0 amide bonds. The zero-order chi connectivity index (χ0) is 14.0. The number of benzene rings is 1. The van der Waals surface area contributed by atoms with Gasteiger partial charge in [0.1, 0.15) is 10.6 Å². The van der Waals surface area contributed by atoms with E-state index >= 15 is 0 Å². The summed E-state index contributed by atoms with van der Waals surface area (Å²) >= 11 is 0. The summed E-state index contributed by atoms with van der Waals surface area (Å²) in [6.07, 6.45) is 1.24. The second-order valence-electron chi connectivity index (χ2n) is 3.87. The van der Waals surface area contributed by atoms with E-state index in [0.29, 0.717) is 12.3 Å². The van der Waals surface area contributed by atoms with Crippen molar-refractivity contribution in [3.63, 3.8) is 0 Å². The van der Waals surface area contributed by atoms with Crippen LogP contribution in [-0.4, -0.2) is 24.8 Å². The van der Waals surface area contributed by atoms with Crippen molar-refractivity contribution in [3.8, 4) is 11.4 Å². The molecule has 0 bridgehead atoms. The Morgan fingerprint density at radius 2 is 1.95 bits per heavy atom. The maximum Gasteiger partial charge on any atom is 0.264 e. The maximum atomic E-state index is 11.3. The number of halogens is 1. The van der Waals surface area contributed by atoms with Crippen molar-refractivity contribution in [3.05, 3.63) is 36.2 Å². The van der Waals surface area contributed by atoms with Gasteiger partial charge in [0.15, 0.2) is 0 Å². The Hall–Kier alpha value is -1.53. The van der Waals surface area contributed by atoms with Gasteiger partial charge in [0.05, 0.1) is 24.2 Å². The van der Waals surface area contributed by atoms with E-state index in [1.165, 1.54) is 10.9 Å². The summed E-state index contributed by atoms with van der Waals surface area (Å²) in [5.41, 5.74) is 1.21. The average molecular weight is 301 g/mol. The Kier molecular flexibility index (Phi) is 3.82. The molecule has 0 spiro atoms. The van der Waals surface area contributed by atoms with Gasteiger partial charge >= 0.3 is 0 Å². The molecule has 0 N–H and O–H groups in total. The van der Waals surface area contributed by atoms with Crippen molar-refractivity contribution >= 4 is 19.7 Å². The first-order chi connectivity index (χ1) is 8.93. The zero-order valence-corrected chi connectivity index (χ0v) is 12.1. The fourth-order valence-electron chi connectivity index (χ4n) is 1.74. The minimum Gasteiger partial charge on any atom is -0.494 e. The largest absolute Gasteiger partial charge is 0.494 e. The molecule has 0 fully saturated rings. The number of aromatic nitrogens is 2. The number of hydrogen-bond donors (Lipinski definition) is 0. The van der Waals surface area contributed by atoms with Gasteiger partial charge in [0.2, 0.25) is 0 Å². The summed E-state index contributed by atoms with van der Waals surface area (Å²) in [5, 5.41) is 4.04. The Morgan fingerprint density at radius 3 is 2.42 bits per heavy atom. The van der Waals surface area contributed by atoms with E-state index in [0.717, 1.165) is 11.4 Å². The van der Waals surface area contributed by atoms with E-state index in [1.54, 1.807) is 31.2 Å². The van der Waals surface area contributed by atoms with Crippen LogP contribution in [0.3, 0.4) is 0 Å². The fourth-order valence-corrected chi connectivity index (χ4v) is 2.81. The second-order valence-corrected chi connectivity index (χ2v) is 6.41. The highest BCUT2D eigenvalue weighted by Crippen LogP contribution is 2.22. The highest BCUT2D eigenvalue weighted by molar-refractivity contribution is 8.13. The molecule has 0 saturated heterocycles. The molecule has 7 heteroatoms. The van der Waals surface area contributed by atoms with E-state index < -0.39 is 9.05 Å². The van der Waals surface area contributed by atoms with Crippen LogP contribution >= 0.6 is 10.7 Å². The Labute approximate surface area is 116 Å². The molecule has 5 nitrogen and oxygen atoms in total. The molecule has 0 atom stereocenters. The molecule has 19 heavy (non-hydrogen) atoms. The van der Waals surface area contributed by atoms with Crippen LogP contribution in [0.25, 0.3) is 5.69 Å². The molecule has 2 aromatic rings. The van der Waals surface area contributed by atoms with Gasteiger partial charge in [0, 0.05) is 10.7 Å². The molecule has 2 rings (SSSR count). The van der Waals surface area contributed by atoms with E-state index in [9.17, 15) is 8.42 Å². The van der Waals surface area contributed by atoms with Crippen molar-refractivity contribution in [2.24, 2.45) is 0 Å². The van der Waals surface area contributed by atoms with E-state index in [2.05, 4.69) is 5.10 Å². The minimum atomic E-state index is -3.77. The van der Waals surface area contributed by atoms with Crippen LogP contribution in [0.4, 0.5) is 0 Å². The van der Waals surface area contributed by atoms with Crippen LogP contribution < -0.4 is 4.74 Å². The van der Waals surface area contributed by atoms with E-state index in [-0.39, 0.29) is 4.90 Å². The summed E-state index contributed by atoms with van der Waals surface area (Å²) in [6, 6.07) is 7.20. The van der Waals surface area contributed by atoms with Crippen LogP contribution in [0.2, 0.25) is 0 Å². The molecule has 0 unspecified atom stereocenters. The monoisotopic (exact) mass is 300 g/mol. The van der Waals surface area contributed by atoms with Gasteiger partial charge in [-0.3, -0.25) is 0 Å². The van der Waals surface area contributed by atoms with Crippen molar-refractivity contribution in [1.82, 2.24) is 9.78 Å². The lowest BCUT2D eigenvalue weighted by Gasteiger charge is -2.07. The van der Waals surface area contributed by atoms with E-state index in [1.807, 2.05) is 6.92 Å². The van der Waals surface area contributed by atoms with Crippen molar-refractivity contribution in [2.45, 2.75) is 18.7 Å². The molecule has 0 aliphatic rings. The summed E-state index contributed by atoms with van der Waals surface area (Å²) in [4.78, 5) is 0.0167. The van der Waals surface area contributed by atoms with Gasteiger partial charge < -0.3 is 4.74 Å². The number of ether oxygens (including phenoxy) is 1. The third-order valence-electron chi connectivity index (χ3n) is 2.62. The highest BCUT2D eigenvalue weighted by atomic mass is 35.7. The Balaban J connectivity index is 2.40. The van der Waals surface area contributed by atoms with Crippen molar-refractivity contribution < 1.29 is 13.2 Å². The molecular formula is C12H13ClN2O3S. The van der Waals surface area contributed by atoms with Crippen LogP contribution in [0.1, 0.15) is 12.6 Å². The first-order valence-corrected chi connectivity index (χ1v) is 7.97. The number of nitrogens with zero attached hydrogens (tertiary/aromatic N) is 2. The lowest BCUT2D eigenvalue weighted by molar-refractivity contribution is 0.340. The summed E-state index contributed by atoms with van der Waals surface area (Å²) in [6.45, 7) is 4.15. The van der Waals surface area contributed by atoms with Crippen LogP contribution in [0.5, 0.6) is 5.75 Å². The number of hydrogen-bond acceptors (Lipinski definition) is 4. The summed E-state index contributed by atoms with van der Waals surface area (Å²) in [5.74, 6) is 0.751. The minimum absolute atomic E-state index is 0.0167. The van der Waals surface area contributed by atoms with Gasteiger partial charge in [0.25, 0.3) is 9.05 Å². The quantitative estimate of drug-likeness (QED) is 0.814. The third kappa shape index (κ3) is 2.90. The predicted octanol–water partition coefficient (Wildman–Crippen LogP) is 2.51. The first kappa shape index (κ1) is 13.9.